The summed E-state index contributed by atoms with van der Waals surface area (Å²) in [6.45, 7) is 11.6. The van der Waals surface area contributed by atoms with Crippen LogP contribution >= 0.6 is 0 Å². The average Bonchev–Trinajstić information content (AvgIpc) is 2.98. The van der Waals surface area contributed by atoms with Gasteiger partial charge in [-0.05, 0) is 18.2 Å². The number of anilines is 1. The highest BCUT2D eigenvalue weighted by Gasteiger charge is 2.18. The first-order valence-electron chi connectivity index (χ1n) is 9.13. The topological polar surface area (TPSA) is 118 Å². The second kappa shape index (κ2) is 9.51. The van der Waals surface area contributed by atoms with Crippen LogP contribution in [0.25, 0.3) is 11.3 Å². The Labute approximate surface area is 166 Å². The molecule has 0 aromatic carbocycles. The zero-order valence-electron chi connectivity index (χ0n) is 16.7. The van der Waals surface area contributed by atoms with E-state index in [1.807, 2.05) is 12.1 Å². The summed E-state index contributed by atoms with van der Waals surface area (Å²) in [5, 5.41) is 4.32. The van der Waals surface area contributed by atoms with Crippen LogP contribution in [-0.4, -0.2) is 35.5 Å². The molecule has 4 N–H and O–H groups in total. The zero-order chi connectivity index (χ0) is 20.7. The lowest BCUT2D eigenvalue weighted by Crippen LogP contribution is -2.22. The Bertz CT molecular complexity index is 816. The smallest absolute Gasteiger partial charge is 0.405 e. The molecule has 0 saturated carbocycles. The van der Waals surface area contributed by atoms with Crippen LogP contribution in [0.4, 0.5) is 10.5 Å². The van der Waals surface area contributed by atoms with Crippen molar-refractivity contribution >= 4 is 19.9 Å². The van der Waals surface area contributed by atoms with Crippen LogP contribution in [0.15, 0.2) is 37.2 Å². The number of nitrogens with two attached hydrogens (primary N) is 2. The number of aromatic nitrogens is 3. The lowest BCUT2D eigenvalue weighted by atomic mass is 10.1. The van der Waals surface area contributed by atoms with Crippen LogP contribution < -0.4 is 11.5 Å². The van der Waals surface area contributed by atoms with Gasteiger partial charge < -0.3 is 20.9 Å². The number of nitrogens with zero attached hydrogens (tertiary/aromatic N) is 3. The molecule has 28 heavy (non-hydrogen) atoms. The van der Waals surface area contributed by atoms with Crippen molar-refractivity contribution in [3.05, 3.63) is 42.9 Å². The molecule has 8 nitrogen and oxygen atoms in total. The molecular weight excluding hydrogens is 374 g/mol. The second-order valence-electron chi connectivity index (χ2n) is 7.72. The first kappa shape index (κ1) is 21.6. The van der Waals surface area contributed by atoms with E-state index in [1.54, 1.807) is 23.2 Å². The first-order chi connectivity index (χ1) is 13.2. The Balaban J connectivity index is 2.22. The van der Waals surface area contributed by atoms with Gasteiger partial charge in [-0.2, -0.15) is 5.10 Å². The molecule has 0 aliphatic carbocycles. The highest BCUT2D eigenvalue weighted by Crippen LogP contribution is 2.29. The standard InChI is InChI=1S/C19H29N5O3Si/c1-5-6-17(27-19(21)25)16-11-14(7-8-22-16)18-15(20)12-23-24(18)13-26-9-10-28(2,3)4/h5,7-8,11-12,17H,1,6,9-10,13,20H2,2-4H3,(H2,21,25). The van der Waals surface area contributed by atoms with Crippen LogP contribution in [0.5, 0.6) is 0 Å². The summed E-state index contributed by atoms with van der Waals surface area (Å²) < 4.78 is 12.7. The molecular formula is C19H29N5O3Si. The van der Waals surface area contributed by atoms with E-state index in [9.17, 15) is 4.79 Å². The average molecular weight is 404 g/mol. The maximum Gasteiger partial charge on any atom is 0.405 e. The summed E-state index contributed by atoms with van der Waals surface area (Å²) >= 11 is 0. The van der Waals surface area contributed by atoms with Crippen molar-refractivity contribution in [2.24, 2.45) is 5.73 Å². The van der Waals surface area contributed by atoms with E-state index in [0.29, 0.717) is 31.1 Å². The highest BCUT2D eigenvalue weighted by molar-refractivity contribution is 6.76. The number of nitrogen functional groups attached to an aromatic ring is 1. The summed E-state index contributed by atoms with van der Waals surface area (Å²) in [6, 6.07) is 4.71. The molecule has 0 saturated heterocycles. The van der Waals surface area contributed by atoms with Crippen molar-refractivity contribution in [1.29, 1.82) is 0 Å². The lowest BCUT2D eigenvalue weighted by Gasteiger charge is -2.17. The predicted molar refractivity (Wildman–Crippen MR) is 112 cm³/mol. The number of pyridine rings is 1. The third-order valence-corrected chi connectivity index (χ3v) is 5.81. The first-order valence-corrected chi connectivity index (χ1v) is 12.8. The van der Waals surface area contributed by atoms with E-state index in [2.05, 4.69) is 36.3 Å². The molecule has 1 amide bonds. The number of ether oxygens (including phenoxy) is 2. The van der Waals surface area contributed by atoms with Gasteiger partial charge in [-0.15, -0.1) is 6.58 Å². The molecule has 0 aliphatic heterocycles. The molecule has 152 valence electrons. The molecule has 2 heterocycles. The van der Waals surface area contributed by atoms with Gasteiger partial charge in [-0.25, -0.2) is 9.48 Å². The van der Waals surface area contributed by atoms with E-state index in [-0.39, 0.29) is 0 Å². The van der Waals surface area contributed by atoms with Crippen LogP contribution in [0.1, 0.15) is 18.2 Å². The predicted octanol–water partition coefficient (Wildman–Crippen LogP) is 3.55. The molecule has 1 atom stereocenters. The third kappa shape index (κ3) is 6.21. The van der Waals surface area contributed by atoms with Crippen LogP contribution in [-0.2, 0) is 16.2 Å². The summed E-state index contributed by atoms with van der Waals surface area (Å²) in [7, 11) is -1.16. The molecule has 0 radical (unpaired) electrons. The minimum atomic E-state index is -1.16. The number of hydrogen-bond donors (Lipinski definition) is 2. The van der Waals surface area contributed by atoms with Gasteiger partial charge in [-0.3, -0.25) is 4.98 Å². The van der Waals surface area contributed by atoms with Gasteiger partial charge in [-0.1, -0.05) is 25.7 Å². The number of rotatable bonds is 10. The Hall–Kier alpha value is -2.65. The Kier molecular flexibility index (Phi) is 7.36. The number of carbonyl (C=O) groups is 1. The summed E-state index contributed by atoms with van der Waals surface area (Å²) in [6.07, 6.45) is 3.80. The van der Waals surface area contributed by atoms with Gasteiger partial charge in [0.25, 0.3) is 0 Å². The maximum atomic E-state index is 11.2. The van der Waals surface area contributed by atoms with Crippen molar-refractivity contribution in [2.75, 3.05) is 12.3 Å². The molecule has 0 fully saturated rings. The van der Waals surface area contributed by atoms with Crippen molar-refractivity contribution < 1.29 is 14.3 Å². The molecule has 9 heteroatoms. The molecule has 2 aromatic heterocycles. The van der Waals surface area contributed by atoms with Gasteiger partial charge in [0.2, 0.25) is 0 Å². The number of carbonyl (C=O) groups excluding carboxylic acids is 1. The van der Waals surface area contributed by atoms with Crippen LogP contribution in [0.2, 0.25) is 25.7 Å². The Morgan fingerprint density at radius 1 is 1.43 bits per heavy atom. The van der Waals surface area contributed by atoms with E-state index in [0.717, 1.165) is 17.3 Å². The van der Waals surface area contributed by atoms with E-state index in [4.69, 9.17) is 20.9 Å². The molecule has 1 unspecified atom stereocenters. The fourth-order valence-electron chi connectivity index (χ4n) is 2.64. The van der Waals surface area contributed by atoms with Crippen molar-refractivity contribution in [3.63, 3.8) is 0 Å². The molecule has 2 aromatic rings. The molecule has 0 spiro atoms. The van der Waals surface area contributed by atoms with E-state index in [1.165, 1.54) is 0 Å². The van der Waals surface area contributed by atoms with E-state index >= 15 is 0 Å². The fourth-order valence-corrected chi connectivity index (χ4v) is 3.39. The molecule has 0 aliphatic rings. The third-order valence-electron chi connectivity index (χ3n) is 4.10. The minimum absolute atomic E-state index is 0.308. The summed E-state index contributed by atoms with van der Waals surface area (Å²) in [5.41, 5.74) is 13.9. The van der Waals surface area contributed by atoms with Gasteiger partial charge in [0.1, 0.15) is 12.8 Å². The number of amides is 1. The van der Waals surface area contributed by atoms with Crippen molar-refractivity contribution in [3.8, 4) is 11.3 Å². The van der Waals surface area contributed by atoms with Gasteiger partial charge in [0, 0.05) is 32.9 Å². The quantitative estimate of drug-likeness (QED) is 0.356. The van der Waals surface area contributed by atoms with Crippen LogP contribution in [0, 0.1) is 0 Å². The Morgan fingerprint density at radius 2 is 2.18 bits per heavy atom. The monoisotopic (exact) mass is 403 g/mol. The van der Waals surface area contributed by atoms with Gasteiger partial charge >= 0.3 is 6.09 Å². The largest absolute Gasteiger partial charge is 0.440 e. The van der Waals surface area contributed by atoms with E-state index < -0.39 is 20.3 Å². The second-order valence-corrected chi connectivity index (χ2v) is 13.3. The van der Waals surface area contributed by atoms with Gasteiger partial charge in [0.15, 0.2) is 0 Å². The SMILES string of the molecule is C=CCC(OC(N)=O)c1cc(-c2c(N)cnn2COCC[Si](C)(C)C)ccn1. The highest BCUT2D eigenvalue weighted by atomic mass is 28.3. The van der Waals surface area contributed by atoms with Crippen LogP contribution in [0.3, 0.4) is 0 Å². The normalized spacial score (nSPS) is 12.5. The molecule has 2 rings (SSSR count). The summed E-state index contributed by atoms with van der Waals surface area (Å²) in [5.74, 6) is 0. The maximum absolute atomic E-state index is 11.2. The number of primary amides is 1. The summed E-state index contributed by atoms with van der Waals surface area (Å²) in [4.78, 5) is 15.5. The molecule has 0 bridgehead atoms. The lowest BCUT2D eigenvalue weighted by molar-refractivity contribution is 0.0798. The Morgan fingerprint density at radius 3 is 2.82 bits per heavy atom. The zero-order valence-corrected chi connectivity index (χ0v) is 17.7. The van der Waals surface area contributed by atoms with Gasteiger partial charge in [0.05, 0.1) is 23.3 Å². The van der Waals surface area contributed by atoms with Crippen molar-refractivity contribution in [1.82, 2.24) is 14.8 Å². The van der Waals surface area contributed by atoms with Crippen molar-refractivity contribution in [2.45, 2.75) is 44.9 Å². The fraction of sp³-hybridized carbons (Fsp3) is 0.421. The minimum Gasteiger partial charge on any atom is -0.440 e. The number of hydrogen-bond acceptors (Lipinski definition) is 6.